The molecule has 1 aliphatic rings. The van der Waals surface area contributed by atoms with Gasteiger partial charge in [-0.1, -0.05) is 6.07 Å². The Balaban J connectivity index is 2.00. The lowest BCUT2D eigenvalue weighted by atomic mass is 10.3. The van der Waals surface area contributed by atoms with E-state index in [9.17, 15) is 4.79 Å². The van der Waals surface area contributed by atoms with Gasteiger partial charge in [0.25, 0.3) is 0 Å². The van der Waals surface area contributed by atoms with E-state index in [1.807, 2.05) is 23.1 Å². The highest BCUT2D eigenvalue weighted by Crippen LogP contribution is 2.11. The van der Waals surface area contributed by atoms with Gasteiger partial charge in [0.15, 0.2) is 12.5 Å². The number of hydrogen-bond donors (Lipinski definition) is 0. The van der Waals surface area contributed by atoms with Gasteiger partial charge in [0.05, 0.1) is 12.3 Å². The molecule has 0 saturated carbocycles. The van der Waals surface area contributed by atoms with Crippen molar-refractivity contribution in [3.05, 3.63) is 30.1 Å². The van der Waals surface area contributed by atoms with E-state index in [0.717, 1.165) is 18.5 Å². The average molecular weight is 192 g/mol. The van der Waals surface area contributed by atoms with Crippen LogP contribution in [0.4, 0.5) is 0 Å². The van der Waals surface area contributed by atoms with Crippen molar-refractivity contribution in [3.63, 3.8) is 0 Å². The molecule has 1 atom stereocenters. The fraction of sp³-hybridized carbons (Fsp3) is 0.400. The number of carbonyl (C=O) groups excluding carboxylic acids is 1. The number of rotatable bonds is 3. The summed E-state index contributed by atoms with van der Waals surface area (Å²) in [4.78, 5) is 16.8. The molecule has 1 aromatic rings. The van der Waals surface area contributed by atoms with Crippen LogP contribution in [0.15, 0.2) is 24.4 Å². The van der Waals surface area contributed by atoms with Crippen molar-refractivity contribution in [2.75, 3.05) is 13.2 Å². The van der Waals surface area contributed by atoms with Crippen LogP contribution >= 0.6 is 0 Å². The summed E-state index contributed by atoms with van der Waals surface area (Å²) in [6.45, 7) is 2.08. The Morgan fingerprint density at radius 1 is 1.64 bits per heavy atom. The van der Waals surface area contributed by atoms with Gasteiger partial charge >= 0.3 is 0 Å². The minimum atomic E-state index is -0.392. The maximum absolute atomic E-state index is 10.6. The first-order valence-corrected chi connectivity index (χ1v) is 4.61. The lowest BCUT2D eigenvalue weighted by Gasteiger charge is -2.17. The average Bonchev–Trinajstić information content (AvgIpc) is 2.67. The van der Waals surface area contributed by atoms with Gasteiger partial charge < -0.3 is 4.74 Å². The Morgan fingerprint density at radius 3 is 3.29 bits per heavy atom. The van der Waals surface area contributed by atoms with Crippen LogP contribution in [0.3, 0.4) is 0 Å². The summed E-state index contributed by atoms with van der Waals surface area (Å²) in [5, 5.41) is 0. The molecule has 1 fully saturated rings. The second-order valence-electron chi connectivity index (χ2n) is 3.19. The Bertz CT molecular complexity index is 302. The third-order valence-electron chi connectivity index (χ3n) is 2.23. The molecule has 4 nitrogen and oxygen atoms in total. The topological polar surface area (TPSA) is 42.4 Å². The third kappa shape index (κ3) is 1.97. The molecule has 4 heteroatoms. The van der Waals surface area contributed by atoms with Crippen molar-refractivity contribution >= 4 is 6.29 Å². The molecule has 0 aromatic carbocycles. The molecule has 0 aliphatic carbocycles. The van der Waals surface area contributed by atoms with Crippen LogP contribution in [0.2, 0.25) is 0 Å². The van der Waals surface area contributed by atoms with Crippen LogP contribution < -0.4 is 0 Å². The minimum absolute atomic E-state index is 0.392. The van der Waals surface area contributed by atoms with Gasteiger partial charge in [-0.05, 0) is 12.1 Å². The first-order valence-electron chi connectivity index (χ1n) is 4.61. The zero-order valence-corrected chi connectivity index (χ0v) is 7.80. The number of pyridine rings is 1. The molecule has 0 amide bonds. The van der Waals surface area contributed by atoms with Crippen LogP contribution in [0.25, 0.3) is 0 Å². The van der Waals surface area contributed by atoms with Crippen molar-refractivity contribution in [3.8, 4) is 0 Å². The first kappa shape index (κ1) is 9.30. The molecule has 0 spiro atoms. The molecular formula is C10H12N2O2. The van der Waals surface area contributed by atoms with E-state index in [1.54, 1.807) is 6.20 Å². The molecule has 2 heterocycles. The number of nitrogens with zero attached hydrogens (tertiary/aromatic N) is 2. The Hall–Kier alpha value is -1.26. The second kappa shape index (κ2) is 4.30. The van der Waals surface area contributed by atoms with Crippen molar-refractivity contribution in [1.29, 1.82) is 0 Å². The van der Waals surface area contributed by atoms with E-state index in [1.165, 1.54) is 0 Å². The highest BCUT2D eigenvalue weighted by atomic mass is 16.5. The minimum Gasteiger partial charge on any atom is -0.355 e. The molecule has 74 valence electrons. The predicted molar refractivity (Wildman–Crippen MR) is 50.5 cm³/mol. The molecule has 1 saturated heterocycles. The van der Waals surface area contributed by atoms with Crippen LogP contribution in [-0.2, 0) is 16.1 Å². The van der Waals surface area contributed by atoms with Crippen molar-refractivity contribution in [2.24, 2.45) is 0 Å². The zero-order valence-electron chi connectivity index (χ0n) is 7.80. The molecular weight excluding hydrogens is 180 g/mol. The van der Waals surface area contributed by atoms with E-state index in [4.69, 9.17) is 4.74 Å². The van der Waals surface area contributed by atoms with Crippen molar-refractivity contribution in [1.82, 2.24) is 9.88 Å². The quantitative estimate of drug-likeness (QED) is 0.652. The van der Waals surface area contributed by atoms with Crippen LogP contribution in [-0.4, -0.2) is 35.5 Å². The largest absolute Gasteiger partial charge is 0.355 e. The number of aromatic nitrogens is 1. The fourth-order valence-electron chi connectivity index (χ4n) is 1.52. The summed E-state index contributed by atoms with van der Waals surface area (Å²) in [6, 6.07) is 5.76. The smallest absolute Gasteiger partial charge is 0.167 e. The van der Waals surface area contributed by atoms with Gasteiger partial charge in [-0.2, -0.15) is 0 Å². The summed E-state index contributed by atoms with van der Waals surface area (Å²) in [7, 11) is 0. The van der Waals surface area contributed by atoms with Crippen LogP contribution in [0, 0.1) is 0 Å². The Morgan fingerprint density at radius 2 is 2.57 bits per heavy atom. The van der Waals surface area contributed by atoms with Gasteiger partial charge in [0.2, 0.25) is 0 Å². The molecule has 1 aromatic heterocycles. The maximum Gasteiger partial charge on any atom is 0.167 e. The summed E-state index contributed by atoms with van der Waals surface area (Å²) in [5.41, 5.74) is 0.963. The Labute approximate surface area is 82.5 Å². The van der Waals surface area contributed by atoms with Crippen LogP contribution in [0.1, 0.15) is 5.69 Å². The van der Waals surface area contributed by atoms with Gasteiger partial charge in [0, 0.05) is 19.3 Å². The van der Waals surface area contributed by atoms with E-state index < -0.39 is 6.23 Å². The molecule has 2 rings (SSSR count). The fourth-order valence-corrected chi connectivity index (χ4v) is 1.52. The van der Waals surface area contributed by atoms with E-state index in [-0.39, 0.29) is 0 Å². The standard InChI is InChI=1S/C10H12N2O2/c13-8-10-12(5-6-14-10)7-9-3-1-2-4-11-9/h1-4,8,10H,5-7H2. The molecule has 14 heavy (non-hydrogen) atoms. The zero-order chi connectivity index (χ0) is 9.80. The summed E-state index contributed by atoms with van der Waals surface area (Å²) < 4.78 is 5.22. The van der Waals surface area contributed by atoms with Gasteiger partial charge in [-0.3, -0.25) is 14.7 Å². The number of aldehydes is 1. The molecule has 0 bridgehead atoms. The SMILES string of the molecule is O=CC1OCCN1Cc1ccccn1. The van der Waals surface area contributed by atoms with Gasteiger partial charge in [-0.25, -0.2) is 0 Å². The number of ether oxygens (including phenoxy) is 1. The van der Waals surface area contributed by atoms with E-state index in [0.29, 0.717) is 13.2 Å². The van der Waals surface area contributed by atoms with E-state index >= 15 is 0 Å². The number of hydrogen-bond acceptors (Lipinski definition) is 4. The molecule has 0 radical (unpaired) electrons. The Kier molecular flexibility index (Phi) is 2.86. The van der Waals surface area contributed by atoms with Crippen LogP contribution in [0.5, 0.6) is 0 Å². The molecule has 1 unspecified atom stereocenters. The lowest BCUT2D eigenvalue weighted by Crippen LogP contribution is -2.31. The summed E-state index contributed by atoms with van der Waals surface area (Å²) in [5.74, 6) is 0. The molecule has 0 N–H and O–H groups in total. The van der Waals surface area contributed by atoms with E-state index in [2.05, 4.69) is 4.98 Å². The first-order chi connectivity index (χ1) is 6.90. The molecule has 1 aliphatic heterocycles. The second-order valence-corrected chi connectivity index (χ2v) is 3.19. The summed E-state index contributed by atoms with van der Waals surface area (Å²) >= 11 is 0. The van der Waals surface area contributed by atoms with Gasteiger partial charge in [0.1, 0.15) is 0 Å². The lowest BCUT2D eigenvalue weighted by molar-refractivity contribution is -0.121. The van der Waals surface area contributed by atoms with Gasteiger partial charge in [-0.15, -0.1) is 0 Å². The third-order valence-corrected chi connectivity index (χ3v) is 2.23. The highest BCUT2D eigenvalue weighted by molar-refractivity contribution is 5.55. The number of carbonyl (C=O) groups is 1. The highest BCUT2D eigenvalue weighted by Gasteiger charge is 2.24. The monoisotopic (exact) mass is 192 g/mol. The predicted octanol–water partition coefficient (Wildman–Crippen LogP) is 0.439. The van der Waals surface area contributed by atoms with Crippen molar-refractivity contribution in [2.45, 2.75) is 12.8 Å². The van der Waals surface area contributed by atoms with Crippen molar-refractivity contribution < 1.29 is 9.53 Å². The summed E-state index contributed by atoms with van der Waals surface area (Å²) in [6.07, 6.45) is 2.19. The maximum atomic E-state index is 10.6. The normalized spacial score (nSPS) is 22.4.